The lowest BCUT2D eigenvalue weighted by Gasteiger charge is -2.24. The van der Waals surface area contributed by atoms with E-state index in [4.69, 9.17) is 5.73 Å². The summed E-state index contributed by atoms with van der Waals surface area (Å²) in [6, 6.07) is 13.1. The monoisotopic (exact) mass is 363 g/mol. The first-order valence-corrected chi connectivity index (χ1v) is 9.15. The van der Waals surface area contributed by atoms with E-state index >= 15 is 0 Å². The van der Waals surface area contributed by atoms with Gasteiger partial charge in [0.1, 0.15) is 5.71 Å². The van der Waals surface area contributed by atoms with Crippen LogP contribution in [0.15, 0.2) is 47.5 Å². The van der Waals surface area contributed by atoms with E-state index in [0.29, 0.717) is 22.5 Å². The number of carbonyl (C=O) groups is 2. The predicted molar refractivity (Wildman–Crippen MR) is 109 cm³/mol. The summed E-state index contributed by atoms with van der Waals surface area (Å²) < 4.78 is 0. The number of Topliss-reactive ketones (excluding diaryl/α,β-unsaturated/α-hetero) is 1. The number of benzene rings is 2. The van der Waals surface area contributed by atoms with E-state index in [0.717, 1.165) is 30.4 Å². The standard InChI is InChI=1S/C22H25N3O2/c1-24-20(21(26)15-5-4-6-15)18-12-11-17(13-19(18)23)14-7-9-16(10-8-14)22(27)25(2)3/h7-13,15H,4-6,23H2,1-3H3. The molecule has 2 N–H and O–H groups in total. The summed E-state index contributed by atoms with van der Waals surface area (Å²) in [6.45, 7) is 0. The van der Waals surface area contributed by atoms with E-state index in [9.17, 15) is 9.59 Å². The van der Waals surface area contributed by atoms with E-state index in [-0.39, 0.29) is 17.6 Å². The lowest BCUT2D eigenvalue weighted by molar-refractivity contribution is -0.118. The van der Waals surface area contributed by atoms with Crippen molar-refractivity contribution in [3.63, 3.8) is 0 Å². The van der Waals surface area contributed by atoms with E-state index in [1.54, 1.807) is 38.2 Å². The predicted octanol–water partition coefficient (Wildman–Crippen LogP) is 3.43. The molecular weight excluding hydrogens is 338 g/mol. The Morgan fingerprint density at radius 1 is 1.04 bits per heavy atom. The molecule has 0 bridgehead atoms. The van der Waals surface area contributed by atoms with Gasteiger partial charge in [-0.15, -0.1) is 0 Å². The molecule has 0 radical (unpaired) electrons. The molecule has 3 rings (SSSR count). The minimum Gasteiger partial charge on any atom is -0.398 e. The lowest BCUT2D eigenvalue weighted by atomic mass is 9.79. The van der Waals surface area contributed by atoms with Crippen molar-refractivity contribution in [3.8, 4) is 11.1 Å². The Morgan fingerprint density at radius 3 is 2.15 bits per heavy atom. The van der Waals surface area contributed by atoms with Crippen LogP contribution in [0.1, 0.15) is 35.2 Å². The number of aliphatic imine (C=N–C) groups is 1. The number of amides is 1. The fourth-order valence-electron chi connectivity index (χ4n) is 3.25. The number of anilines is 1. The Bertz CT molecular complexity index is 894. The molecular formula is C22H25N3O2. The molecule has 0 aromatic heterocycles. The molecule has 0 unspecified atom stereocenters. The molecule has 5 nitrogen and oxygen atoms in total. The average molecular weight is 363 g/mol. The van der Waals surface area contributed by atoms with Gasteiger partial charge in [-0.25, -0.2) is 0 Å². The number of nitrogen functional groups attached to an aromatic ring is 1. The van der Waals surface area contributed by atoms with Crippen molar-refractivity contribution in [2.75, 3.05) is 26.9 Å². The zero-order chi connectivity index (χ0) is 19.6. The van der Waals surface area contributed by atoms with Crippen molar-refractivity contribution in [2.24, 2.45) is 10.9 Å². The molecule has 0 heterocycles. The van der Waals surface area contributed by atoms with Crippen LogP contribution in [0, 0.1) is 5.92 Å². The second-order valence-electron chi connectivity index (χ2n) is 7.14. The normalized spacial score (nSPS) is 14.6. The second kappa shape index (κ2) is 7.74. The van der Waals surface area contributed by atoms with Crippen LogP contribution >= 0.6 is 0 Å². The third kappa shape index (κ3) is 3.77. The quantitative estimate of drug-likeness (QED) is 0.653. The number of hydrogen-bond acceptors (Lipinski definition) is 4. The maximum Gasteiger partial charge on any atom is 0.253 e. The van der Waals surface area contributed by atoms with Crippen LogP contribution in [0.4, 0.5) is 5.69 Å². The van der Waals surface area contributed by atoms with Crippen LogP contribution in [0.5, 0.6) is 0 Å². The first kappa shape index (κ1) is 18.8. The van der Waals surface area contributed by atoms with Gasteiger partial charge >= 0.3 is 0 Å². The molecule has 1 aliphatic rings. The van der Waals surface area contributed by atoms with Crippen molar-refractivity contribution in [1.29, 1.82) is 0 Å². The van der Waals surface area contributed by atoms with Crippen molar-refractivity contribution in [3.05, 3.63) is 53.6 Å². The molecule has 1 fully saturated rings. The van der Waals surface area contributed by atoms with Crippen molar-refractivity contribution < 1.29 is 9.59 Å². The highest BCUT2D eigenvalue weighted by atomic mass is 16.2. The first-order chi connectivity index (χ1) is 12.9. The lowest BCUT2D eigenvalue weighted by Crippen LogP contribution is -2.30. The van der Waals surface area contributed by atoms with E-state index < -0.39 is 0 Å². The second-order valence-corrected chi connectivity index (χ2v) is 7.14. The van der Waals surface area contributed by atoms with Crippen molar-refractivity contribution in [1.82, 2.24) is 4.90 Å². The molecule has 2 aromatic rings. The van der Waals surface area contributed by atoms with Gasteiger partial charge in [0.05, 0.1) is 0 Å². The summed E-state index contributed by atoms with van der Waals surface area (Å²) in [5.74, 6) is 0.147. The molecule has 27 heavy (non-hydrogen) atoms. The molecule has 2 aromatic carbocycles. The van der Waals surface area contributed by atoms with Gasteiger partial charge in [-0.3, -0.25) is 14.6 Å². The number of rotatable bonds is 5. The Hall–Kier alpha value is -2.95. The SMILES string of the molecule is CN=C(C(=O)C1CCC1)c1ccc(-c2ccc(C(=O)N(C)C)cc2)cc1N. The van der Waals surface area contributed by atoms with Crippen LogP contribution in [-0.4, -0.2) is 43.4 Å². The molecule has 1 saturated carbocycles. The fourth-order valence-corrected chi connectivity index (χ4v) is 3.25. The summed E-state index contributed by atoms with van der Waals surface area (Å²) in [5, 5.41) is 0. The number of hydrogen-bond donors (Lipinski definition) is 1. The minimum absolute atomic E-state index is 0.0327. The third-order valence-electron chi connectivity index (χ3n) is 5.11. The van der Waals surface area contributed by atoms with E-state index in [2.05, 4.69) is 4.99 Å². The van der Waals surface area contributed by atoms with E-state index in [1.165, 1.54) is 0 Å². The van der Waals surface area contributed by atoms with Crippen molar-refractivity contribution in [2.45, 2.75) is 19.3 Å². The van der Waals surface area contributed by atoms with Gasteiger partial charge in [-0.2, -0.15) is 0 Å². The molecule has 0 aliphatic heterocycles. The van der Waals surface area contributed by atoms with Gasteiger partial charge in [0.25, 0.3) is 5.91 Å². The topological polar surface area (TPSA) is 75.8 Å². The van der Waals surface area contributed by atoms with Gasteiger partial charge in [-0.1, -0.05) is 30.7 Å². The molecule has 140 valence electrons. The fraction of sp³-hybridized carbons (Fsp3) is 0.318. The van der Waals surface area contributed by atoms with Crippen LogP contribution in [-0.2, 0) is 4.79 Å². The van der Waals surface area contributed by atoms with Gasteiger partial charge in [-0.05, 0) is 42.2 Å². The highest BCUT2D eigenvalue weighted by Crippen LogP contribution is 2.30. The first-order valence-electron chi connectivity index (χ1n) is 9.15. The molecule has 1 aliphatic carbocycles. The van der Waals surface area contributed by atoms with Gasteiger partial charge in [0, 0.05) is 43.9 Å². The maximum absolute atomic E-state index is 12.6. The Labute approximate surface area is 159 Å². The average Bonchev–Trinajstić information content (AvgIpc) is 2.61. The highest BCUT2D eigenvalue weighted by molar-refractivity contribution is 6.47. The minimum atomic E-state index is -0.0327. The van der Waals surface area contributed by atoms with Gasteiger partial charge in [0.15, 0.2) is 5.78 Å². The number of ketones is 1. The summed E-state index contributed by atoms with van der Waals surface area (Å²) in [6.07, 6.45) is 2.98. The summed E-state index contributed by atoms with van der Waals surface area (Å²) >= 11 is 0. The largest absolute Gasteiger partial charge is 0.398 e. The zero-order valence-corrected chi connectivity index (χ0v) is 16.0. The van der Waals surface area contributed by atoms with Crippen LogP contribution in [0.2, 0.25) is 0 Å². The van der Waals surface area contributed by atoms with E-state index in [1.807, 2.05) is 30.3 Å². The number of nitrogens with two attached hydrogens (primary N) is 1. The van der Waals surface area contributed by atoms with Crippen molar-refractivity contribution >= 4 is 23.1 Å². The van der Waals surface area contributed by atoms with Crippen LogP contribution in [0.3, 0.4) is 0 Å². The molecule has 0 saturated heterocycles. The smallest absolute Gasteiger partial charge is 0.253 e. The third-order valence-corrected chi connectivity index (χ3v) is 5.11. The highest BCUT2D eigenvalue weighted by Gasteiger charge is 2.29. The van der Waals surface area contributed by atoms with Crippen LogP contribution in [0.25, 0.3) is 11.1 Å². The maximum atomic E-state index is 12.6. The molecule has 0 spiro atoms. The summed E-state index contributed by atoms with van der Waals surface area (Å²) in [7, 11) is 5.10. The Kier molecular flexibility index (Phi) is 5.40. The van der Waals surface area contributed by atoms with Gasteiger partial charge < -0.3 is 10.6 Å². The van der Waals surface area contributed by atoms with Gasteiger partial charge in [0.2, 0.25) is 0 Å². The van der Waals surface area contributed by atoms with Crippen LogP contribution < -0.4 is 5.73 Å². The zero-order valence-electron chi connectivity index (χ0n) is 16.0. The molecule has 1 amide bonds. The Balaban J connectivity index is 1.86. The summed E-state index contributed by atoms with van der Waals surface area (Å²) in [4.78, 5) is 30.4. The molecule has 0 atom stereocenters. The Morgan fingerprint density at radius 2 is 1.67 bits per heavy atom. The summed E-state index contributed by atoms with van der Waals surface area (Å²) in [5.41, 5.74) is 10.5. The number of carbonyl (C=O) groups excluding carboxylic acids is 2. The molecule has 5 heteroatoms. The number of nitrogens with zero attached hydrogens (tertiary/aromatic N) is 2.